The number of aliphatic hydroxyl groups is 1. The van der Waals surface area contributed by atoms with Gasteiger partial charge in [0.25, 0.3) is 5.56 Å². The minimum Gasteiger partial charge on any atom is -0.395 e. The van der Waals surface area contributed by atoms with Crippen LogP contribution in [0.5, 0.6) is 0 Å². The molecule has 2 N–H and O–H groups in total. The van der Waals surface area contributed by atoms with E-state index in [1.807, 2.05) is 0 Å². The number of aromatic nitrogens is 1. The number of hydrogen-bond acceptors (Lipinski definition) is 3. The molecule has 0 aliphatic carbocycles. The number of amides is 2. The number of halogens is 1. The quantitative estimate of drug-likeness (QED) is 0.796. The summed E-state index contributed by atoms with van der Waals surface area (Å²) in [6, 6.07) is 1.17. The van der Waals surface area contributed by atoms with E-state index in [1.165, 1.54) is 21.7 Å². The zero-order valence-electron chi connectivity index (χ0n) is 10.6. The lowest BCUT2D eigenvalue weighted by atomic mass is 10.4. The molecule has 1 rings (SSSR count). The van der Waals surface area contributed by atoms with E-state index in [9.17, 15) is 9.59 Å². The van der Waals surface area contributed by atoms with Gasteiger partial charge in [-0.25, -0.2) is 4.79 Å². The SMILES string of the molecule is C=CCN(CCO)C(=O)Nc1cc(Br)c(=O)n(C)c1. The van der Waals surface area contributed by atoms with Gasteiger partial charge in [-0.3, -0.25) is 4.79 Å². The molecule has 0 bridgehead atoms. The molecule has 0 saturated heterocycles. The van der Waals surface area contributed by atoms with Crippen LogP contribution >= 0.6 is 15.9 Å². The van der Waals surface area contributed by atoms with E-state index in [4.69, 9.17) is 5.11 Å². The van der Waals surface area contributed by atoms with E-state index in [2.05, 4.69) is 27.8 Å². The first-order chi connectivity index (χ1) is 8.99. The van der Waals surface area contributed by atoms with Gasteiger partial charge in [0.2, 0.25) is 0 Å². The van der Waals surface area contributed by atoms with Gasteiger partial charge in [-0.05, 0) is 22.0 Å². The summed E-state index contributed by atoms with van der Waals surface area (Å²) in [6.07, 6.45) is 3.10. The number of aryl methyl sites for hydroxylation is 1. The summed E-state index contributed by atoms with van der Waals surface area (Å²) in [5, 5.41) is 11.6. The molecule has 0 unspecified atom stereocenters. The van der Waals surface area contributed by atoms with Crippen LogP contribution in [0.1, 0.15) is 0 Å². The summed E-state index contributed by atoms with van der Waals surface area (Å²) in [6.45, 7) is 3.97. The summed E-state index contributed by atoms with van der Waals surface area (Å²) in [5.74, 6) is 0. The zero-order valence-corrected chi connectivity index (χ0v) is 12.2. The molecular formula is C12H16BrN3O3. The first kappa shape index (κ1) is 15.5. The largest absolute Gasteiger partial charge is 0.395 e. The van der Waals surface area contributed by atoms with Crippen molar-refractivity contribution in [2.24, 2.45) is 7.05 Å². The topological polar surface area (TPSA) is 74.6 Å². The Kier molecular flexibility index (Phi) is 5.78. The van der Waals surface area contributed by atoms with Gasteiger partial charge in [-0.2, -0.15) is 0 Å². The van der Waals surface area contributed by atoms with Crippen molar-refractivity contribution < 1.29 is 9.90 Å². The number of carbonyl (C=O) groups excluding carboxylic acids is 1. The minimum absolute atomic E-state index is 0.127. The average molecular weight is 330 g/mol. The van der Waals surface area contributed by atoms with Crippen molar-refractivity contribution in [2.75, 3.05) is 25.0 Å². The Hall–Kier alpha value is -1.60. The molecule has 0 radical (unpaired) electrons. The Morgan fingerprint density at radius 3 is 2.89 bits per heavy atom. The van der Waals surface area contributed by atoms with Crippen molar-refractivity contribution in [2.45, 2.75) is 0 Å². The second-order valence-corrected chi connectivity index (χ2v) is 4.74. The monoisotopic (exact) mass is 329 g/mol. The molecule has 0 aromatic carbocycles. The van der Waals surface area contributed by atoms with E-state index in [-0.39, 0.29) is 24.7 Å². The molecule has 0 fully saturated rings. The van der Waals surface area contributed by atoms with Gasteiger partial charge >= 0.3 is 6.03 Å². The number of urea groups is 1. The number of aliphatic hydroxyl groups excluding tert-OH is 1. The summed E-state index contributed by atoms with van der Waals surface area (Å²) in [7, 11) is 1.60. The smallest absolute Gasteiger partial charge is 0.322 e. The van der Waals surface area contributed by atoms with Gasteiger partial charge in [0.15, 0.2) is 0 Å². The fraction of sp³-hybridized carbons (Fsp3) is 0.333. The Bertz CT molecular complexity index is 501. The molecule has 2 amide bonds. The van der Waals surface area contributed by atoms with Gasteiger partial charge in [0.1, 0.15) is 0 Å². The van der Waals surface area contributed by atoms with E-state index < -0.39 is 0 Å². The fourth-order valence-electron chi connectivity index (χ4n) is 1.49. The summed E-state index contributed by atoms with van der Waals surface area (Å²) in [4.78, 5) is 24.9. The molecule has 0 aliphatic rings. The maximum absolute atomic E-state index is 12.0. The maximum Gasteiger partial charge on any atom is 0.322 e. The molecule has 0 saturated carbocycles. The lowest BCUT2D eigenvalue weighted by Crippen LogP contribution is -2.37. The fourth-order valence-corrected chi connectivity index (χ4v) is 2.02. The van der Waals surface area contributed by atoms with E-state index in [0.29, 0.717) is 16.7 Å². The van der Waals surface area contributed by atoms with Crippen LogP contribution in [-0.4, -0.2) is 40.3 Å². The van der Waals surface area contributed by atoms with Gasteiger partial charge in [-0.1, -0.05) is 6.08 Å². The molecule has 0 spiro atoms. The van der Waals surface area contributed by atoms with Crippen LogP contribution in [0, 0.1) is 0 Å². The highest BCUT2D eigenvalue weighted by atomic mass is 79.9. The molecule has 0 aliphatic heterocycles. The van der Waals surface area contributed by atoms with Crippen LogP contribution in [0.4, 0.5) is 10.5 Å². The number of nitrogens with one attached hydrogen (secondary N) is 1. The molecular weight excluding hydrogens is 314 g/mol. The van der Waals surface area contributed by atoms with Crippen molar-refractivity contribution in [3.8, 4) is 0 Å². The zero-order chi connectivity index (χ0) is 14.4. The van der Waals surface area contributed by atoms with Gasteiger partial charge in [0, 0.05) is 26.3 Å². The standard InChI is InChI=1S/C12H16BrN3O3/c1-3-4-16(5-6-17)12(19)14-9-7-10(13)11(18)15(2)8-9/h3,7-8,17H,1,4-6H2,2H3,(H,14,19). The first-order valence-corrected chi connectivity index (χ1v) is 6.42. The number of anilines is 1. The van der Waals surface area contributed by atoms with Crippen molar-refractivity contribution >= 4 is 27.6 Å². The first-order valence-electron chi connectivity index (χ1n) is 5.63. The van der Waals surface area contributed by atoms with Crippen LogP contribution in [0.15, 0.2) is 34.2 Å². The molecule has 1 aromatic heterocycles. The lowest BCUT2D eigenvalue weighted by molar-refractivity contribution is 0.195. The summed E-state index contributed by atoms with van der Waals surface area (Å²) < 4.78 is 1.73. The Balaban J connectivity index is 2.86. The van der Waals surface area contributed by atoms with Crippen molar-refractivity contribution in [3.63, 3.8) is 0 Å². The van der Waals surface area contributed by atoms with Gasteiger partial charge in [0.05, 0.1) is 16.8 Å². The third-order valence-electron chi connectivity index (χ3n) is 2.40. The van der Waals surface area contributed by atoms with Crippen molar-refractivity contribution in [1.82, 2.24) is 9.47 Å². The van der Waals surface area contributed by atoms with Gasteiger partial charge in [-0.15, -0.1) is 6.58 Å². The van der Waals surface area contributed by atoms with Crippen LogP contribution in [0.3, 0.4) is 0 Å². The molecule has 104 valence electrons. The second-order valence-electron chi connectivity index (χ2n) is 3.88. The number of hydrogen-bond donors (Lipinski definition) is 2. The van der Waals surface area contributed by atoms with E-state index in [1.54, 1.807) is 13.1 Å². The Morgan fingerprint density at radius 1 is 1.68 bits per heavy atom. The maximum atomic E-state index is 12.0. The third-order valence-corrected chi connectivity index (χ3v) is 2.97. The van der Waals surface area contributed by atoms with E-state index in [0.717, 1.165) is 0 Å². The Labute approximate surface area is 119 Å². The Morgan fingerprint density at radius 2 is 2.37 bits per heavy atom. The number of nitrogens with zero attached hydrogens (tertiary/aromatic N) is 2. The predicted octanol–water partition coefficient (Wildman–Crippen LogP) is 1.16. The predicted molar refractivity (Wildman–Crippen MR) is 77.3 cm³/mol. The van der Waals surface area contributed by atoms with Crippen molar-refractivity contribution in [1.29, 1.82) is 0 Å². The van der Waals surface area contributed by atoms with E-state index >= 15 is 0 Å². The van der Waals surface area contributed by atoms with Crippen molar-refractivity contribution in [3.05, 3.63) is 39.7 Å². The minimum atomic E-state index is -0.362. The molecule has 6 nitrogen and oxygen atoms in total. The molecule has 19 heavy (non-hydrogen) atoms. The number of pyridine rings is 1. The molecule has 0 atom stereocenters. The average Bonchev–Trinajstić information content (AvgIpc) is 2.35. The third kappa shape index (κ3) is 4.22. The molecule has 1 heterocycles. The van der Waals surface area contributed by atoms with Gasteiger partial charge < -0.3 is 19.9 Å². The molecule has 7 heteroatoms. The lowest BCUT2D eigenvalue weighted by Gasteiger charge is -2.20. The summed E-state index contributed by atoms with van der Waals surface area (Å²) >= 11 is 3.13. The second kappa shape index (κ2) is 7.10. The molecule has 1 aromatic rings. The normalized spacial score (nSPS) is 10.1. The highest BCUT2D eigenvalue weighted by molar-refractivity contribution is 9.10. The number of carbonyl (C=O) groups is 1. The van der Waals surface area contributed by atoms with Crippen LogP contribution in [0.25, 0.3) is 0 Å². The highest BCUT2D eigenvalue weighted by Gasteiger charge is 2.12. The summed E-state index contributed by atoms with van der Waals surface area (Å²) in [5.41, 5.74) is 0.308. The van der Waals surface area contributed by atoms with Crippen LogP contribution < -0.4 is 10.9 Å². The number of rotatable bonds is 5. The highest BCUT2D eigenvalue weighted by Crippen LogP contribution is 2.12. The van der Waals surface area contributed by atoms with Crippen LogP contribution in [0.2, 0.25) is 0 Å². The van der Waals surface area contributed by atoms with Crippen LogP contribution in [-0.2, 0) is 7.05 Å².